The van der Waals surface area contributed by atoms with E-state index in [0.29, 0.717) is 13.0 Å². The third-order valence-corrected chi connectivity index (χ3v) is 4.07. The molecule has 1 aliphatic rings. The summed E-state index contributed by atoms with van der Waals surface area (Å²) in [5.74, 6) is -0.832. The summed E-state index contributed by atoms with van der Waals surface area (Å²) in [5, 5.41) is 35.4. The fraction of sp³-hybridized carbons (Fsp3) is 0.765. The minimum atomic E-state index is -1.65. The van der Waals surface area contributed by atoms with Crippen LogP contribution < -0.4 is 10.6 Å². The maximum absolute atomic E-state index is 12.3. The van der Waals surface area contributed by atoms with Crippen molar-refractivity contribution in [2.75, 3.05) is 13.7 Å². The van der Waals surface area contributed by atoms with Gasteiger partial charge in [-0.1, -0.05) is 26.0 Å². The summed E-state index contributed by atoms with van der Waals surface area (Å²) < 4.78 is 4.99. The maximum Gasteiger partial charge on any atom is 0.252 e. The maximum atomic E-state index is 12.3. The molecule has 8 heteroatoms. The Hall–Kier alpha value is -1.48. The van der Waals surface area contributed by atoms with Crippen molar-refractivity contribution < 1.29 is 29.6 Å². The van der Waals surface area contributed by atoms with Gasteiger partial charge in [0.2, 0.25) is 5.91 Å². The minimum Gasteiger partial charge on any atom is -0.387 e. The van der Waals surface area contributed by atoms with E-state index >= 15 is 0 Å². The smallest absolute Gasteiger partial charge is 0.252 e. The second kappa shape index (κ2) is 10.5. The second-order valence-corrected chi connectivity index (χ2v) is 6.60. The van der Waals surface area contributed by atoms with Crippen LogP contribution in [-0.4, -0.2) is 71.2 Å². The molecule has 2 amide bonds. The average molecular weight is 358 g/mol. The molecule has 25 heavy (non-hydrogen) atoms. The predicted molar refractivity (Wildman–Crippen MR) is 91.6 cm³/mol. The lowest BCUT2D eigenvalue weighted by molar-refractivity contribution is -0.150. The van der Waals surface area contributed by atoms with E-state index in [1.165, 1.54) is 13.2 Å². The number of carbonyl (C=O) groups excluding carboxylic acids is 2. The number of carbonyl (C=O) groups is 2. The summed E-state index contributed by atoms with van der Waals surface area (Å²) in [7, 11) is 1.21. The zero-order valence-corrected chi connectivity index (χ0v) is 15.0. The molecule has 0 aromatic rings. The fourth-order valence-corrected chi connectivity index (χ4v) is 2.56. The lowest BCUT2D eigenvalue weighted by Crippen LogP contribution is -2.55. The SMILES string of the molecule is CO[C@@H](C(=O)N[C@H]1CCCCNC1=O)[C@H](O)[C@@H](O)[C@H](O)C=CC(C)C. The molecule has 0 radical (unpaired) electrons. The summed E-state index contributed by atoms with van der Waals surface area (Å²) in [6, 6.07) is -0.706. The summed E-state index contributed by atoms with van der Waals surface area (Å²) in [5.41, 5.74) is 0. The van der Waals surface area contributed by atoms with Crippen molar-refractivity contribution in [2.24, 2.45) is 5.92 Å². The van der Waals surface area contributed by atoms with Gasteiger partial charge in [0.25, 0.3) is 5.91 Å². The lowest BCUT2D eigenvalue weighted by atomic mass is 10.0. The molecule has 1 aliphatic heterocycles. The molecule has 0 saturated carbocycles. The number of aliphatic hydroxyl groups excluding tert-OH is 3. The zero-order valence-electron chi connectivity index (χ0n) is 15.0. The van der Waals surface area contributed by atoms with Crippen molar-refractivity contribution in [2.45, 2.75) is 63.6 Å². The van der Waals surface area contributed by atoms with Gasteiger partial charge >= 0.3 is 0 Å². The van der Waals surface area contributed by atoms with Gasteiger partial charge in [0, 0.05) is 13.7 Å². The molecule has 0 aliphatic carbocycles. The number of hydrogen-bond acceptors (Lipinski definition) is 6. The van der Waals surface area contributed by atoms with Gasteiger partial charge in [-0.05, 0) is 25.2 Å². The van der Waals surface area contributed by atoms with Crippen LogP contribution >= 0.6 is 0 Å². The van der Waals surface area contributed by atoms with Crippen molar-refractivity contribution in [3.8, 4) is 0 Å². The van der Waals surface area contributed by atoms with Crippen LogP contribution in [0.5, 0.6) is 0 Å². The Kier molecular flexibility index (Phi) is 9.05. The first-order chi connectivity index (χ1) is 11.8. The van der Waals surface area contributed by atoms with Crippen LogP contribution in [0.2, 0.25) is 0 Å². The Balaban J connectivity index is 2.71. The molecule has 0 aromatic carbocycles. The summed E-state index contributed by atoms with van der Waals surface area (Å²) in [6.45, 7) is 4.36. The highest BCUT2D eigenvalue weighted by Gasteiger charge is 2.36. The summed E-state index contributed by atoms with van der Waals surface area (Å²) in [4.78, 5) is 24.2. The first-order valence-corrected chi connectivity index (χ1v) is 8.61. The topological polar surface area (TPSA) is 128 Å². The number of aliphatic hydroxyl groups is 3. The second-order valence-electron chi connectivity index (χ2n) is 6.60. The Morgan fingerprint density at radius 1 is 1.24 bits per heavy atom. The van der Waals surface area contributed by atoms with Crippen LogP contribution in [0, 0.1) is 5.92 Å². The van der Waals surface area contributed by atoms with Gasteiger partial charge < -0.3 is 30.7 Å². The van der Waals surface area contributed by atoms with E-state index < -0.39 is 36.4 Å². The van der Waals surface area contributed by atoms with Gasteiger partial charge in [-0.3, -0.25) is 9.59 Å². The largest absolute Gasteiger partial charge is 0.387 e. The van der Waals surface area contributed by atoms with Gasteiger partial charge in [0.05, 0.1) is 0 Å². The van der Waals surface area contributed by atoms with Crippen LogP contribution in [0.1, 0.15) is 33.1 Å². The van der Waals surface area contributed by atoms with Crippen molar-refractivity contribution >= 4 is 11.8 Å². The van der Waals surface area contributed by atoms with Crippen LogP contribution in [0.15, 0.2) is 12.2 Å². The van der Waals surface area contributed by atoms with E-state index in [2.05, 4.69) is 10.6 Å². The number of amides is 2. The van der Waals surface area contributed by atoms with E-state index in [1.54, 1.807) is 6.08 Å². The van der Waals surface area contributed by atoms with Crippen molar-refractivity contribution in [3.05, 3.63) is 12.2 Å². The Bertz CT molecular complexity index is 468. The van der Waals surface area contributed by atoms with E-state index in [4.69, 9.17) is 4.74 Å². The number of allylic oxidation sites excluding steroid dienone is 1. The monoisotopic (exact) mass is 358 g/mol. The van der Waals surface area contributed by atoms with Gasteiger partial charge in [0.1, 0.15) is 24.4 Å². The first kappa shape index (κ1) is 21.6. The standard InChI is InChI=1S/C17H30N2O6/c1-10(2)7-8-12(20)13(21)14(22)15(25-3)17(24)19-11-6-4-5-9-18-16(11)23/h7-8,10-15,20-22H,4-6,9H2,1-3H3,(H,18,23)(H,19,24)/t11-,12+,13-,14+,15+/m0/s1. The molecule has 144 valence electrons. The number of ether oxygens (including phenoxy) is 1. The van der Waals surface area contributed by atoms with E-state index in [9.17, 15) is 24.9 Å². The summed E-state index contributed by atoms with van der Waals surface area (Å²) >= 11 is 0. The van der Waals surface area contributed by atoms with Gasteiger partial charge in [-0.25, -0.2) is 0 Å². The number of rotatable bonds is 8. The molecule has 0 bridgehead atoms. The molecule has 0 unspecified atom stereocenters. The Labute approximate surface area is 148 Å². The molecule has 8 nitrogen and oxygen atoms in total. The zero-order chi connectivity index (χ0) is 19.0. The van der Waals surface area contributed by atoms with E-state index in [0.717, 1.165) is 12.8 Å². The molecule has 0 spiro atoms. The number of nitrogens with one attached hydrogen (secondary N) is 2. The van der Waals surface area contributed by atoms with Crippen LogP contribution in [0.25, 0.3) is 0 Å². The highest BCUT2D eigenvalue weighted by molar-refractivity contribution is 5.89. The molecule has 5 atom stereocenters. The molecule has 1 fully saturated rings. The summed E-state index contributed by atoms with van der Waals surface area (Å²) in [6.07, 6.45) is -0.851. The van der Waals surface area contributed by atoms with Crippen molar-refractivity contribution in [1.29, 1.82) is 0 Å². The predicted octanol–water partition coefficient (Wildman–Crippen LogP) is -0.919. The van der Waals surface area contributed by atoms with Gasteiger partial charge in [0.15, 0.2) is 6.10 Å². The highest BCUT2D eigenvalue weighted by atomic mass is 16.5. The number of methoxy groups -OCH3 is 1. The third kappa shape index (κ3) is 6.74. The highest BCUT2D eigenvalue weighted by Crippen LogP contribution is 2.12. The van der Waals surface area contributed by atoms with E-state index in [-0.39, 0.29) is 11.8 Å². The molecular weight excluding hydrogens is 328 g/mol. The van der Waals surface area contributed by atoms with Crippen LogP contribution in [-0.2, 0) is 14.3 Å². The average Bonchev–Trinajstić information content (AvgIpc) is 2.77. The van der Waals surface area contributed by atoms with Crippen LogP contribution in [0.3, 0.4) is 0 Å². The normalized spacial score (nSPS) is 23.6. The molecule has 1 rings (SSSR count). The Morgan fingerprint density at radius 3 is 2.52 bits per heavy atom. The lowest BCUT2D eigenvalue weighted by Gasteiger charge is -2.28. The molecular formula is C17H30N2O6. The van der Waals surface area contributed by atoms with Gasteiger partial charge in [-0.2, -0.15) is 0 Å². The van der Waals surface area contributed by atoms with E-state index in [1.807, 2.05) is 13.8 Å². The third-order valence-electron chi connectivity index (χ3n) is 4.07. The van der Waals surface area contributed by atoms with Crippen molar-refractivity contribution in [1.82, 2.24) is 10.6 Å². The molecule has 0 aromatic heterocycles. The fourth-order valence-electron chi connectivity index (χ4n) is 2.56. The Morgan fingerprint density at radius 2 is 1.92 bits per heavy atom. The first-order valence-electron chi connectivity index (χ1n) is 8.61. The quantitative estimate of drug-likeness (QED) is 0.357. The molecule has 1 saturated heterocycles. The van der Waals surface area contributed by atoms with Gasteiger partial charge in [-0.15, -0.1) is 0 Å². The van der Waals surface area contributed by atoms with Crippen LogP contribution in [0.4, 0.5) is 0 Å². The molecule has 5 N–H and O–H groups in total. The molecule has 1 heterocycles. The van der Waals surface area contributed by atoms with Crippen molar-refractivity contribution in [3.63, 3.8) is 0 Å². The number of hydrogen-bond donors (Lipinski definition) is 5. The minimum absolute atomic E-state index is 0.161.